The van der Waals surface area contributed by atoms with Crippen LogP contribution in [0.5, 0.6) is 0 Å². The van der Waals surface area contributed by atoms with E-state index in [1.54, 1.807) is 6.92 Å². The van der Waals surface area contributed by atoms with Crippen LogP contribution in [0.25, 0.3) is 4.85 Å². The molecule has 2 heterocycles. The van der Waals surface area contributed by atoms with Crippen molar-refractivity contribution < 1.29 is 22.1 Å². The molecule has 5 atom stereocenters. The van der Waals surface area contributed by atoms with Crippen molar-refractivity contribution in [3.8, 4) is 0 Å². The van der Waals surface area contributed by atoms with E-state index < -0.39 is 34.1 Å². The van der Waals surface area contributed by atoms with Gasteiger partial charge in [0.1, 0.15) is 6.04 Å². The Morgan fingerprint density at radius 3 is 2.60 bits per heavy atom. The molecule has 0 aliphatic carbocycles. The molecule has 0 aromatic rings. The van der Waals surface area contributed by atoms with Crippen molar-refractivity contribution in [1.82, 2.24) is 4.31 Å². The Bertz CT molecular complexity index is 567. The average Bonchev–Trinajstić information content (AvgIpc) is 3.04. The van der Waals surface area contributed by atoms with Crippen LogP contribution in [0.1, 0.15) is 27.7 Å². The molecule has 2 rings (SSSR count). The number of ether oxygens (including phenoxy) is 1. The molecule has 0 bridgehead atoms. The summed E-state index contributed by atoms with van der Waals surface area (Å²) < 4.78 is 35.5. The van der Waals surface area contributed by atoms with Crippen LogP contribution in [0.3, 0.4) is 0 Å². The number of nitrogens with zero attached hydrogens (tertiary/aromatic N) is 2. The number of fused-ring (bicyclic) bond motifs is 1. The van der Waals surface area contributed by atoms with Crippen LogP contribution in [0.2, 0.25) is 0 Å². The van der Waals surface area contributed by atoms with E-state index in [-0.39, 0.29) is 18.4 Å². The molecule has 0 amide bonds. The number of hydrogen-bond acceptors (Lipinski definition) is 5. The van der Waals surface area contributed by atoms with E-state index in [4.69, 9.17) is 15.5 Å². The predicted octanol–water partition coefficient (Wildman–Crippen LogP) is 0.785. The average molecular weight is 302 g/mol. The molecule has 0 aromatic heterocycles. The second kappa shape index (κ2) is 4.69. The van der Waals surface area contributed by atoms with E-state index in [9.17, 15) is 13.2 Å². The third-order valence-electron chi connectivity index (χ3n) is 3.73. The van der Waals surface area contributed by atoms with Crippen LogP contribution in [-0.2, 0) is 24.0 Å². The molecule has 7 nitrogen and oxygen atoms in total. The molecule has 0 N–H and O–H groups in total. The van der Waals surface area contributed by atoms with Gasteiger partial charge < -0.3 is 4.74 Å². The number of rotatable bonds is 2. The Morgan fingerprint density at radius 2 is 2.15 bits per heavy atom. The van der Waals surface area contributed by atoms with E-state index in [0.29, 0.717) is 0 Å². The molecule has 0 radical (unpaired) electrons. The third kappa shape index (κ3) is 2.01. The largest absolute Gasteiger partial charge is 0.452 e. The zero-order valence-electron chi connectivity index (χ0n) is 11.9. The van der Waals surface area contributed by atoms with Gasteiger partial charge in [-0.05, 0) is 5.92 Å². The Morgan fingerprint density at radius 1 is 1.55 bits per heavy atom. The first-order chi connectivity index (χ1) is 9.18. The summed E-state index contributed by atoms with van der Waals surface area (Å²) in [5.74, 6) is -0.985. The van der Waals surface area contributed by atoms with Crippen molar-refractivity contribution in [2.24, 2.45) is 11.8 Å². The number of esters is 1. The van der Waals surface area contributed by atoms with Crippen molar-refractivity contribution in [3.63, 3.8) is 0 Å². The summed E-state index contributed by atoms with van der Waals surface area (Å²) >= 11 is 0. The van der Waals surface area contributed by atoms with Gasteiger partial charge in [-0.15, -0.1) is 0 Å². The minimum Gasteiger partial charge on any atom is -0.452 e. The normalized spacial score (nSPS) is 42.2. The van der Waals surface area contributed by atoms with E-state index in [1.165, 1.54) is 6.92 Å². The number of carbonyl (C=O) groups is 1. The molecule has 20 heavy (non-hydrogen) atoms. The SMILES string of the molecule is [C-]#[N+][C@@]12[C@H](OC(C)=O)[C@@H](C)COS(=O)(=O)N1[C@@H]2C(C)C. The van der Waals surface area contributed by atoms with Crippen molar-refractivity contribution in [3.05, 3.63) is 11.4 Å². The predicted molar refractivity (Wildman–Crippen MR) is 69.4 cm³/mol. The first kappa shape index (κ1) is 15.2. The Hall–Kier alpha value is -1.17. The Kier molecular flexibility index (Phi) is 3.57. The van der Waals surface area contributed by atoms with Gasteiger partial charge in [0.25, 0.3) is 0 Å². The van der Waals surface area contributed by atoms with Crippen molar-refractivity contribution >= 4 is 16.3 Å². The van der Waals surface area contributed by atoms with Gasteiger partial charge in [-0.2, -0.15) is 8.42 Å². The Labute approximate surface area is 118 Å². The lowest BCUT2D eigenvalue weighted by molar-refractivity contribution is -0.151. The number of hydrogen-bond donors (Lipinski definition) is 0. The minimum atomic E-state index is -3.96. The summed E-state index contributed by atoms with van der Waals surface area (Å²) in [6.45, 7) is 14.0. The summed E-state index contributed by atoms with van der Waals surface area (Å²) in [5, 5.41) is 0. The molecule has 8 heteroatoms. The quantitative estimate of drug-likeness (QED) is 0.428. The van der Waals surface area contributed by atoms with Gasteiger partial charge in [0, 0.05) is 12.8 Å². The molecule has 1 unspecified atom stereocenters. The first-order valence-electron chi connectivity index (χ1n) is 6.43. The highest BCUT2D eigenvalue weighted by Crippen LogP contribution is 2.55. The molecule has 0 saturated carbocycles. The van der Waals surface area contributed by atoms with Gasteiger partial charge in [0.05, 0.1) is 6.61 Å². The van der Waals surface area contributed by atoms with Gasteiger partial charge >= 0.3 is 21.9 Å². The zero-order chi connectivity index (χ0) is 15.3. The fraction of sp³-hybridized carbons (Fsp3) is 0.833. The lowest BCUT2D eigenvalue weighted by Crippen LogP contribution is -2.41. The second-order valence-corrected chi connectivity index (χ2v) is 7.11. The van der Waals surface area contributed by atoms with Crippen LogP contribution in [-0.4, -0.2) is 43.1 Å². The van der Waals surface area contributed by atoms with Crippen LogP contribution < -0.4 is 0 Å². The molecule has 2 saturated heterocycles. The fourth-order valence-corrected chi connectivity index (χ4v) is 4.72. The zero-order valence-corrected chi connectivity index (χ0v) is 12.7. The highest BCUT2D eigenvalue weighted by molar-refractivity contribution is 7.84. The van der Waals surface area contributed by atoms with Gasteiger partial charge in [0.15, 0.2) is 0 Å². The van der Waals surface area contributed by atoms with Crippen LogP contribution in [0, 0.1) is 18.4 Å². The van der Waals surface area contributed by atoms with Crippen LogP contribution >= 0.6 is 0 Å². The summed E-state index contributed by atoms with van der Waals surface area (Å²) in [6.07, 6.45) is -0.817. The highest BCUT2D eigenvalue weighted by Gasteiger charge is 2.84. The van der Waals surface area contributed by atoms with Crippen LogP contribution in [0.15, 0.2) is 0 Å². The monoisotopic (exact) mass is 302 g/mol. The molecule has 0 aromatic carbocycles. The molecule has 2 aliphatic heterocycles. The second-order valence-electron chi connectivity index (χ2n) is 5.63. The summed E-state index contributed by atoms with van der Waals surface area (Å²) in [6, 6.07) is -0.530. The third-order valence-corrected chi connectivity index (χ3v) is 5.17. The smallest absolute Gasteiger partial charge is 0.357 e. The minimum absolute atomic E-state index is 0.0779. The molecule has 2 aliphatic rings. The molecule has 0 spiro atoms. The Balaban J connectivity index is 2.52. The molecule has 2 fully saturated rings. The maximum Gasteiger partial charge on any atom is 0.357 e. The van der Waals surface area contributed by atoms with Gasteiger partial charge in [-0.3, -0.25) is 13.8 Å². The van der Waals surface area contributed by atoms with E-state index in [0.717, 1.165) is 4.31 Å². The lowest BCUT2D eigenvalue weighted by atomic mass is 9.92. The lowest BCUT2D eigenvalue weighted by Gasteiger charge is -2.22. The van der Waals surface area contributed by atoms with Gasteiger partial charge in [0.2, 0.25) is 6.10 Å². The van der Waals surface area contributed by atoms with Gasteiger partial charge in [-0.1, -0.05) is 25.1 Å². The van der Waals surface area contributed by atoms with Gasteiger partial charge in [-0.25, -0.2) is 6.57 Å². The summed E-state index contributed by atoms with van der Waals surface area (Å²) in [7, 11) is -3.96. The van der Waals surface area contributed by atoms with Crippen LogP contribution in [0.4, 0.5) is 0 Å². The first-order valence-corrected chi connectivity index (χ1v) is 7.79. The van der Waals surface area contributed by atoms with E-state index >= 15 is 0 Å². The molecular weight excluding hydrogens is 284 g/mol. The summed E-state index contributed by atoms with van der Waals surface area (Å²) in [4.78, 5) is 14.8. The van der Waals surface area contributed by atoms with Crippen molar-refractivity contribution in [2.75, 3.05) is 6.61 Å². The van der Waals surface area contributed by atoms with E-state index in [1.807, 2.05) is 13.8 Å². The number of carbonyl (C=O) groups excluding carboxylic acids is 1. The highest BCUT2D eigenvalue weighted by atomic mass is 32.2. The maximum atomic E-state index is 12.1. The topological polar surface area (TPSA) is 77.0 Å². The molecule has 112 valence electrons. The standard InChI is InChI=1S/C12H18N2O5S/c1-7(2)10-12(13-5)11(19-9(4)15)8(3)6-18-20(16,17)14(10)12/h7-8,10-11H,6H2,1-4H3/t8-,10+,11+,12+,14?/m0/s1. The fourth-order valence-electron chi connectivity index (χ4n) is 2.98. The van der Waals surface area contributed by atoms with Crippen molar-refractivity contribution in [1.29, 1.82) is 0 Å². The van der Waals surface area contributed by atoms with E-state index in [2.05, 4.69) is 4.85 Å². The molecular formula is C12H18N2O5S. The maximum absolute atomic E-state index is 12.1. The van der Waals surface area contributed by atoms with Crippen molar-refractivity contribution in [2.45, 2.75) is 45.5 Å². The summed E-state index contributed by atoms with van der Waals surface area (Å²) in [5.41, 5.74) is -1.37.